The average Bonchev–Trinajstić information content (AvgIpc) is 2.69. The summed E-state index contributed by atoms with van der Waals surface area (Å²) in [6.45, 7) is 4.11. The maximum atomic E-state index is 13.5. The number of carbonyl (C=O) groups is 1. The van der Waals surface area contributed by atoms with Crippen LogP contribution in [0.3, 0.4) is 0 Å². The second-order valence-electron chi connectivity index (χ2n) is 7.60. The zero-order valence-electron chi connectivity index (χ0n) is 16.2. The predicted octanol–water partition coefficient (Wildman–Crippen LogP) is 3.68. The molecule has 3 rings (SSSR count). The van der Waals surface area contributed by atoms with Gasteiger partial charge in [-0.3, -0.25) is 4.90 Å². The number of piperidine rings is 2. The molecule has 2 heterocycles. The lowest BCUT2D eigenvalue weighted by atomic mass is 9.83. The van der Waals surface area contributed by atoms with E-state index in [2.05, 4.69) is 4.90 Å². The third kappa shape index (κ3) is 5.66. The summed E-state index contributed by atoms with van der Waals surface area (Å²) in [5, 5.41) is 0. The Balaban J connectivity index is 1.53. The maximum absolute atomic E-state index is 13.5. The molecule has 0 aliphatic carbocycles. The molecule has 2 saturated heterocycles. The number of carbonyl (C=O) groups excluding carboxylic acids is 1. The van der Waals surface area contributed by atoms with Crippen molar-refractivity contribution < 1.29 is 18.7 Å². The molecule has 0 bridgehead atoms. The van der Waals surface area contributed by atoms with Crippen LogP contribution in [0.4, 0.5) is 9.18 Å². The van der Waals surface area contributed by atoms with Gasteiger partial charge in [0.25, 0.3) is 0 Å². The SMILES string of the molecule is COCCOC(=O)N1CCC(C2CCCCN2Cc2cccc(F)c2)CC1. The molecule has 150 valence electrons. The quantitative estimate of drug-likeness (QED) is 0.709. The number of rotatable bonds is 6. The summed E-state index contributed by atoms with van der Waals surface area (Å²) < 4.78 is 23.7. The van der Waals surface area contributed by atoms with E-state index < -0.39 is 0 Å². The fourth-order valence-electron chi connectivity index (χ4n) is 4.39. The van der Waals surface area contributed by atoms with Crippen molar-refractivity contribution in [1.29, 1.82) is 0 Å². The molecule has 2 aliphatic heterocycles. The van der Waals surface area contributed by atoms with Gasteiger partial charge in [0.05, 0.1) is 6.61 Å². The summed E-state index contributed by atoms with van der Waals surface area (Å²) in [6.07, 6.45) is 5.43. The first-order chi connectivity index (χ1) is 13.2. The van der Waals surface area contributed by atoms with Crippen LogP contribution in [-0.2, 0) is 16.0 Å². The minimum Gasteiger partial charge on any atom is -0.447 e. The van der Waals surface area contributed by atoms with Gasteiger partial charge in [0, 0.05) is 32.8 Å². The highest BCUT2D eigenvalue weighted by molar-refractivity contribution is 5.67. The third-order valence-electron chi connectivity index (χ3n) is 5.79. The van der Waals surface area contributed by atoms with Gasteiger partial charge in [-0.1, -0.05) is 18.6 Å². The summed E-state index contributed by atoms with van der Waals surface area (Å²) in [6, 6.07) is 7.46. The topological polar surface area (TPSA) is 42.0 Å². The summed E-state index contributed by atoms with van der Waals surface area (Å²) in [5.74, 6) is 0.420. The summed E-state index contributed by atoms with van der Waals surface area (Å²) in [7, 11) is 1.60. The molecule has 0 spiro atoms. The van der Waals surface area contributed by atoms with Crippen LogP contribution in [0.5, 0.6) is 0 Å². The van der Waals surface area contributed by atoms with Gasteiger partial charge in [-0.25, -0.2) is 9.18 Å². The third-order valence-corrected chi connectivity index (χ3v) is 5.79. The molecule has 1 atom stereocenters. The van der Waals surface area contributed by atoms with E-state index in [1.165, 1.54) is 25.3 Å². The first-order valence-corrected chi connectivity index (χ1v) is 10.1. The summed E-state index contributed by atoms with van der Waals surface area (Å²) >= 11 is 0. The summed E-state index contributed by atoms with van der Waals surface area (Å²) in [5.41, 5.74) is 1.04. The number of likely N-dealkylation sites (tertiary alicyclic amines) is 2. The van der Waals surface area contributed by atoms with Gasteiger partial charge in [0.1, 0.15) is 12.4 Å². The van der Waals surface area contributed by atoms with Crippen LogP contribution in [0.15, 0.2) is 24.3 Å². The predicted molar refractivity (Wildman–Crippen MR) is 102 cm³/mol. The van der Waals surface area contributed by atoms with Gasteiger partial charge in [0.2, 0.25) is 0 Å². The fourth-order valence-corrected chi connectivity index (χ4v) is 4.39. The van der Waals surface area contributed by atoms with Crippen LogP contribution in [0, 0.1) is 11.7 Å². The Morgan fingerprint density at radius 1 is 1.15 bits per heavy atom. The second kappa shape index (κ2) is 10.0. The molecule has 2 fully saturated rings. The van der Waals surface area contributed by atoms with Crippen LogP contribution in [0.25, 0.3) is 0 Å². The van der Waals surface area contributed by atoms with Gasteiger partial charge >= 0.3 is 6.09 Å². The normalized spacial score (nSPS) is 22.0. The Labute approximate surface area is 161 Å². The molecule has 5 nitrogen and oxygen atoms in total. The number of ether oxygens (including phenoxy) is 2. The van der Waals surface area contributed by atoms with E-state index in [4.69, 9.17) is 9.47 Å². The first kappa shape index (κ1) is 20.1. The maximum Gasteiger partial charge on any atom is 0.409 e. The molecular weight excluding hydrogens is 347 g/mol. The second-order valence-corrected chi connectivity index (χ2v) is 7.60. The molecule has 0 N–H and O–H groups in total. The van der Waals surface area contributed by atoms with Crippen molar-refractivity contribution in [3.63, 3.8) is 0 Å². The number of amides is 1. The molecule has 0 saturated carbocycles. The van der Waals surface area contributed by atoms with Crippen LogP contribution < -0.4 is 0 Å². The largest absolute Gasteiger partial charge is 0.447 e. The van der Waals surface area contributed by atoms with E-state index in [0.717, 1.165) is 44.6 Å². The number of nitrogens with zero attached hydrogens (tertiary/aromatic N) is 2. The Kier molecular flexibility index (Phi) is 7.47. The van der Waals surface area contributed by atoms with Crippen molar-refractivity contribution in [3.05, 3.63) is 35.6 Å². The molecule has 6 heteroatoms. The molecule has 2 aliphatic rings. The highest BCUT2D eigenvalue weighted by atomic mass is 19.1. The van der Waals surface area contributed by atoms with Crippen molar-refractivity contribution in [3.8, 4) is 0 Å². The lowest BCUT2D eigenvalue weighted by molar-refractivity contribution is 0.0386. The highest BCUT2D eigenvalue weighted by Gasteiger charge is 2.33. The van der Waals surface area contributed by atoms with Crippen LogP contribution in [0.1, 0.15) is 37.7 Å². The molecule has 0 aromatic heterocycles. The molecule has 1 aromatic carbocycles. The Hall–Kier alpha value is -1.66. The van der Waals surface area contributed by atoms with Crippen molar-refractivity contribution in [2.24, 2.45) is 5.92 Å². The Morgan fingerprint density at radius 2 is 1.96 bits per heavy atom. The van der Waals surface area contributed by atoms with Crippen molar-refractivity contribution in [2.75, 3.05) is 40.0 Å². The average molecular weight is 378 g/mol. The van der Waals surface area contributed by atoms with E-state index in [9.17, 15) is 9.18 Å². The zero-order chi connectivity index (χ0) is 19.1. The van der Waals surface area contributed by atoms with Crippen LogP contribution in [-0.4, -0.2) is 61.9 Å². The van der Waals surface area contributed by atoms with Crippen LogP contribution in [0.2, 0.25) is 0 Å². The van der Waals surface area contributed by atoms with Gasteiger partial charge < -0.3 is 14.4 Å². The van der Waals surface area contributed by atoms with E-state index in [-0.39, 0.29) is 11.9 Å². The minimum atomic E-state index is -0.231. The molecule has 1 aromatic rings. The monoisotopic (exact) mass is 378 g/mol. The lowest BCUT2D eigenvalue weighted by Gasteiger charge is -2.43. The zero-order valence-corrected chi connectivity index (χ0v) is 16.2. The minimum absolute atomic E-state index is 0.165. The Bertz CT molecular complexity index is 605. The van der Waals surface area contributed by atoms with Gasteiger partial charge in [-0.2, -0.15) is 0 Å². The van der Waals surface area contributed by atoms with E-state index in [1.807, 2.05) is 11.0 Å². The van der Waals surface area contributed by atoms with E-state index in [0.29, 0.717) is 25.2 Å². The fraction of sp³-hybridized carbons (Fsp3) is 0.667. The summed E-state index contributed by atoms with van der Waals surface area (Å²) in [4.78, 5) is 16.4. The van der Waals surface area contributed by atoms with Crippen molar-refractivity contribution in [1.82, 2.24) is 9.80 Å². The van der Waals surface area contributed by atoms with Gasteiger partial charge in [0.15, 0.2) is 0 Å². The number of hydrogen-bond donors (Lipinski definition) is 0. The van der Waals surface area contributed by atoms with Crippen LogP contribution >= 0.6 is 0 Å². The molecule has 27 heavy (non-hydrogen) atoms. The van der Waals surface area contributed by atoms with E-state index in [1.54, 1.807) is 19.2 Å². The molecule has 1 unspecified atom stereocenters. The standard InChI is InChI=1S/C21H31FN2O3/c1-26-13-14-27-21(25)23-11-8-18(9-12-23)20-7-2-3-10-24(20)16-17-5-4-6-19(22)15-17/h4-6,15,18,20H,2-3,7-14,16H2,1H3. The number of methoxy groups -OCH3 is 1. The number of halogens is 1. The van der Waals surface area contributed by atoms with Gasteiger partial charge in [-0.05, 0) is 55.8 Å². The van der Waals surface area contributed by atoms with Gasteiger partial charge in [-0.15, -0.1) is 0 Å². The molecule has 1 amide bonds. The Morgan fingerprint density at radius 3 is 2.70 bits per heavy atom. The molecule has 0 radical (unpaired) electrons. The molecular formula is C21H31FN2O3. The van der Waals surface area contributed by atoms with Crippen molar-refractivity contribution in [2.45, 2.75) is 44.7 Å². The number of hydrogen-bond acceptors (Lipinski definition) is 4. The number of benzene rings is 1. The van der Waals surface area contributed by atoms with Crippen molar-refractivity contribution >= 4 is 6.09 Å². The van der Waals surface area contributed by atoms with E-state index >= 15 is 0 Å². The smallest absolute Gasteiger partial charge is 0.409 e. The highest BCUT2D eigenvalue weighted by Crippen LogP contribution is 2.31. The lowest BCUT2D eigenvalue weighted by Crippen LogP contribution is -2.48. The first-order valence-electron chi connectivity index (χ1n) is 10.1.